The second-order valence-corrected chi connectivity index (χ2v) is 7.03. The molecule has 6 nitrogen and oxygen atoms in total. The van der Waals surface area contributed by atoms with Crippen molar-refractivity contribution < 1.29 is 9.90 Å². The number of nitrogens with one attached hydrogen (secondary N) is 1. The Labute approximate surface area is 128 Å². The van der Waals surface area contributed by atoms with E-state index in [0.717, 1.165) is 25.7 Å². The van der Waals surface area contributed by atoms with Crippen molar-refractivity contribution in [2.45, 2.75) is 37.7 Å². The highest BCUT2D eigenvalue weighted by atomic mass is 32.1. The largest absolute Gasteiger partial charge is 0.389 e. The fourth-order valence-corrected chi connectivity index (χ4v) is 4.30. The van der Waals surface area contributed by atoms with Crippen molar-refractivity contribution in [3.63, 3.8) is 0 Å². The summed E-state index contributed by atoms with van der Waals surface area (Å²) in [4.78, 5) is 19.1. The maximum absolute atomic E-state index is 12.6. The molecule has 1 saturated carbocycles. The third-order valence-corrected chi connectivity index (χ3v) is 5.85. The molecule has 1 aromatic heterocycles. The van der Waals surface area contributed by atoms with Gasteiger partial charge < -0.3 is 21.1 Å². The summed E-state index contributed by atoms with van der Waals surface area (Å²) in [6.45, 7) is 1.22. The van der Waals surface area contributed by atoms with E-state index in [1.54, 1.807) is 7.05 Å². The number of nitrogens with zero attached hydrogens (tertiary/aromatic N) is 2. The van der Waals surface area contributed by atoms with Crippen LogP contribution in [-0.2, 0) is 0 Å². The average Bonchev–Trinajstić information content (AvgIpc) is 2.86. The van der Waals surface area contributed by atoms with Crippen molar-refractivity contribution in [2.75, 3.05) is 31.2 Å². The number of thiazole rings is 1. The van der Waals surface area contributed by atoms with Gasteiger partial charge in [-0.1, -0.05) is 24.2 Å². The van der Waals surface area contributed by atoms with E-state index in [1.807, 2.05) is 4.90 Å². The Morgan fingerprint density at radius 1 is 1.52 bits per heavy atom. The Hall–Kier alpha value is -1.34. The first kappa shape index (κ1) is 14.6. The molecule has 0 aromatic carbocycles. The van der Waals surface area contributed by atoms with Crippen LogP contribution in [0.2, 0.25) is 0 Å². The van der Waals surface area contributed by atoms with Crippen LogP contribution in [0.5, 0.6) is 0 Å². The maximum atomic E-state index is 12.6. The number of fused-ring (bicyclic) bond motifs is 1. The second-order valence-electron chi connectivity index (χ2n) is 6.03. The molecule has 1 saturated heterocycles. The Balaban J connectivity index is 1.75. The summed E-state index contributed by atoms with van der Waals surface area (Å²) in [5.41, 5.74) is 5.28. The van der Waals surface area contributed by atoms with Crippen LogP contribution in [0.3, 0.4) is 0 Å². The smallest absolute Gasteiger partial charge is 0.267 e. The normalized spacial score (nSPS) is 29.0. The van der Waals surface area contributed by atoms with Gasteiger partial charge in [0.2, 0.25) is 0 Å². The minimum absolute atomic E-state index is 0.0564. The molecule has 1 aromatic rings. The molecule has 116 valence electrons. The molecule has 1 aliphatic heterocycles. The number of aliphatic hydroxyl groups is 1. The lowest BCUT2D eigenvalue weighted by molar-refractivity contribution is -0.0885. The number of nitrogen functional groups attached to an aromatic ring is 1. The Bertz CT molecular complexity index is 547. The van der Waals surface area contributed by atoms with Gasteiger partial charge in [0.25, 0.3) is 5.91 Å². The molecule has 2 atom stereocenters. The van der Waals surface area contributed by atoms with Crippen LogP contribution in [0.1, 0.15) is 41.8 Å². The highest BCUT2D eigenvalue weighted by molar-refractivity contribution is 7.18. The third-order valence-electron chi connectivity index (χ3n) is 4.78. The molecule has 2 fully saturated rings. The van der Waals surface area contributed by atoms with Crippen LogP contribution < -0.4 is 11.1 Å². The molecule has 3 rings (SSSR count). The number of rotatable bonds is 2. The molecule has 4 N–H and O–H groups in total. The lowest BCUT2D eigenvalue weighted by atomic mass is 9.71. The SMILES string of the molecule is CNc1nc(N)c(C(=O)N2CCC3(O)CCCCC3C2)s1. The van der Waals surface area contributed by atoms with Gasteiger partial charge >= 0.3 is 0 Å². The molecule has 2 heterocycles. The van der Waals surface area contributed by atoms with Gasteiger partial charge in [-0.2, -0.15) is 0 Å². The summed E-state index contributed by atoms with van der Waals surface area (Å²) in [6.07, 6.45) is 4.77. The first-order chi connectivity index (χ1) is 10.0. The van der Waals surface area contributed by atoms with Crippen LogP contribution in [0.15, 0.2) is 0 Å². The van der Waals surface area contributed by atoms with Crippen molar-refractivity contribution in [3.8, 4) is 0 Å². The molecule has 1 aliphatic carbocycles. The highest BCUT2D eigenvalue weighted by Gasteiger charge is 2.44. The molecule has 0 bridgehead atoms. The topological polar surface area (TPSA) is 91.5 Å². The van der Waals surface area contributed by atoms with E-state index >= 15 is 0 Å². The van der Waals surface area contributed by atoms with Crippen molar-refractivity contribution in [1.82, 2.24) is 9.88 Å². The number of amides is 1. The van der Waals surface area contributed by atoms with E-state index < -0.39 is 5.60 Å². The lowest BCUT2D eigenvalue weighted by Gasteiger charge is -2.47. The molecular weight excluding hydrogens is 288 g/mol. The summed E-state index contributed by atoms with van der Waals surface area (Å²) < 4.78 is 0. The van der Waals surface area contributed by atoms with Gasteiger partial charge in [0, 0.05) is 26.1 Å². The summed E-state index contributed by atoms with van der Waals surface area (Å²) in [6, 6.07) is 0. The minimum Gasteiger partial charge on any atom is -0.389 e. The van der Waals surface area contributed by atoms with E-state index in [-0.39, 0.29) is 11.8 Å². The fraction of sp³-hybridized carbons (Fsp3) is 0.714. The van der Waals surface area contributed by atoms with Gasteiger partial charge in [0.15, 0.2) is 5.13 Å². The summed E-state index contributed by atoms with van der Waals surface area (Å²) in [5, 5.41) is 14.2. The van der Waals surface area contributed by atoms with E-state index in [1.165, 1.54) is 11.3 Å². The molecule has 0 radical (unpaired) electrons. The van der Waals surface area contributed by atoms with Gasteiger partial charge in [-0.25, -0.2) is 4.98 Å². The molecule has 7 heteroatoms. The Morgan fingerprint density at radius 2 is 2.33 bits per heavy atom. The molecule has 1 amide bonds. The van der Waals surface area contributed by atoms with E-state index in [2.05, 4.69) is 10.3 Å². The molecular formula is C14H22N4O2S. The summed E-state index contributed by atoms with van der Waals surface area (Å²) >= 11 is 1.29. The predicted octanol–water partition coefficient (Wildman–Crippen LogP) is 1.53. The van der Waals surface area contributed by atoms with E-state index in [0.29, 0.717) is 35.3 Å². The quantitative estimate of drug-likeness (QED) is 0.770. The summed E-state index contributed by atoms with van der Waals surface area (Å²) in [7, 11) is 1.76. The van der Waals surface area contributed by atoms with Crippen molar-refractivity contribution >= 4 is 28.2 Å². The number of anilines is 2. The van der Waals surface area contributed by atoms with Crippen molar-refractivity contribution in [1.29, 1.82) is 0 Å². The average molecular weight is 310 g/mol. The predicted molar refractivity (Wildman–Crippen MR) is 83.5 cm³/mol. The molecule has 0 spiro atoms. The summed E-state index contributed by atoms with van der Waals surface area (Å²) in [5.74, 6) is 0.430. The van der Waals surface area contributed by atoms with Gasteiger partial charge in [-0.15, -0.1) is 0 Å². The zero-order valence-corrected chi connectivity index (χ0v) is 13.1. The molecule has 2 aliphatic rings. The number of carbonyl (C=O) groups is 1. The molecule has 21 heavy (non-hydrogen) atoms. The number of aromatic nitrogens is 1. The second kappa shape index (κ2) is 5.46. The lowest BCUT2D eigenvalue weighted by Crippen LogP contribution is -2.54. The first-order valence-electron chi connectivity index (χ1n) is 7.49. The maximum Gasteiger partial charge on any atom is 0.267 e. The van der Waals surface area contributed by atoms with Gasteiger partial charge in [-0.05, 0) is 19.3 Å². The van der Waals surface area contributed by atoms with Crippen LogP contribution >= 0.6 is 11.3 Å². The Kier molecular flexibility index (Phi) is 3.79. The van der Waals surface area contributed by atoms with Gasteiger partial charge in [0.1, 0.15) is 10.7 Å². The van der Waals surface area contributed by atoms with Crippen LogP contribution in [-0.4, -0.2) is 46.6 Å². The van der Waals surface area contributed by atoms with E-state index in [4.69, 9.17) is 5.73 Å². The van der Waals surface area contributed by atoms with Crippen molar-refractivity contribution in [2.24, 2.45) is 5.92 Å². The number of hydrogen-bond donors (Lipinski definition) is 3. The number of likely N-dealkylation sites (tertiary alicyclic amines) is 1. The van der Waals surface area contributed by atoms with Crippen LogP contribution in [0.25, 0.3) is 0 Å². The number of piperidine rings is 1. The van der Waals surface area contributed by atoms with Gasteiger partial charge in [0.05, 0.1) is 5.60 Å². The monoisotopic (exact) mass is 310 g/mol. The zero-order valence-electron chi connectivity index (χ0n) is 12.3. The molecule has 2 unspecified atom stereocenters. The van der Waals surface area contributed by atoms with Crippen LogP contribution in [0, 0.1) is 5.92 Å². The first-order valence-corrected chi connectivity index (χ1v) is 8.31. The standard InChI is InChI=1S/C14H22N4O2S/c1-16-13-17-11(15)10(21-13)12(19)18-7-6-14(20)5-3-2-4-9(14)8-18/h9,20H,2-8,15H2,1H3,(H,16,17). The van der Waals surface area contributed by atoms with Gasteiger partial charge in [-0.3, -0.25) is 4.79 Å². The highest BCUT2D eigenvalue weighted by Crippen LogP contribution is 2.40. The van der Waals surface area contributed by atoms with Crippen molar-refractivity contribution in [3.05, 3.63) is 4.88 Å². The van der Waals surface area contributed by atoms with E-state index in [9.17, 15) is 9.90 Å². The Morgan fingerprint density at radius 3 is 3.05 bits per heavy atom. The third kappa shape index (κ3) is 2.60. The number of nitrogens with two attached hydrogens (primary N) is 1. The number of carbonyl (C=O) groups excluding carboxylic acids is 1. The number of hydrogen-bond acceptors (Lipinski definition) is 6. The minimum atomic E-state index is -0.565. The fourth-order valence-electron chi connectivity index (χ4n) is 3.49. The van der Waals surface area contributed by atoms with Crippen LogP contribution in [0.4, 0.5) is 10.9 Å². The zero-order chi connectivity index (χ0) is 15.0.